The zero-order valence-corrected chi connectivity index (χ0v) is 14.9. The topological polar surface area (TPSA) is 70.8 Å². The lowest BCUT2D eigenvalue weighted by Gasteiger charge is -2.28. The summed E-state index contributed by atoms with van der Waals surface area (Å²) in [7, 11) is 0. The van der Waals surface area contributed by atoms with Gasteiger partial charge < -0.3 is 9.93 Å². The number of fused-ring (bicyclic) bond motifs is 1. The Morgan fingerprint density at radius 1 is 1.36 bits per heavy atom. The number of aryl methyl sites for hydroxylation is 1. The van der Waals surface area contributed by atoms with Crippen LogP contribution >= 0.6 is 0 Å². The van der Waals surface area contributed by atoms with E-state index in [1.807, 2.05) is 0 Å². The molecule has 2 aromatic heterocycles. The molecule has 2 aromatic rings. The van der Waals surface area contributed by atoms with Crippen LogP contribution in [0.4, 0.5) is 22.0 Å². The first kappa shape index (κ1) is 20.1. The molecule has 0 atom stereocenters. The number of carbonyl (C=O) groups excluding carboxylic acids is 1. The Kier molecular flexibility index (Phi) is 5.10. The van der Waals surface area contributed by atoms with Crippen molar-refractivity contribution in [3.05, 3.63) is 40.3 Å². The summed E-state index contributed by atoms with van der Waals surface area (Å²) in [5, 5.41) is 0. The molecule has 0 aromatic carbocycles. The predicted molar refractivity (Wildman–Crippen MR) is 89.6 cm³/mol. The SMILES string of the molecule is Cc1cc(C(=O)C=[N+]=[N-])cc2nc(C(F)(F)F)c(CC3CCC(F)(F)CC3)n12. The molecule has 10 heteroatoms. The summed E-state index contributed by atoms with van der Waals surface area (Å²) in [5.74, 6) is -3.74. The van der Waals surface area contributed by atoms with Gasteiger partial charge in [-0.2, -0.15) is 18.0 Å². The highest BCUT2D eigenvalue weighted by molar-refractivity contribution is 6.33. The molecule has 28 heavy (non-hydrogen) atoms. The van der Waals surface area contributed by atoms with Gasteiger partial charge in [-0.05, 0) is 44.2 Å². The number of imidazole rings is 1. The second kappa shape index (κ2) is 7.09. The molecule has 1 aliphatic rings. The number of halogens is 5. The van der Waals surface area contributed by atoms with Crippen LogP contribution in [0.2, 0.25) is 0 Å². The number of hydrogen-bond acceptors (Lipinski definition) is 2. The zero-order chi connectivity index (χ0) is 20.7. The maximum absolute atomic E-state index is 13.6. The van der Waals surface area contributed by atoms with Crippen molar-refractivity contribution in [3.63, 3.8) is 0 Å². The van der Waals surface area contributed by atoms with E-state index in [2.05, 4.69) is 9.77 Å². The van der Waals surface area contributed by atoms with Crippen molar-refractivity contribution in [3.8, 4) is 0 Å². The first-order chi connectivity index (χ1) is 13.0. The number of aromatic nitrogens is 2. The van der Waals surface area contributed by atoms with Gasteiger partial charge in [-0.15, -0.1) is 0 Å². The molecule has 2 heterocycles. The summed E-state index contributed by atoms with van der Waals surface area (Å²) >= 11 is 0. The van der Waals surface area contributed by atoms with E-state index in [0.29, 0.717) is 11.9 Å². The largest absolute Gasteiger partial charge is 0.435 e. The molecule has 1 fully saturated rings. The van der Waals surface area contributed by atoms with Crippen LogP contribution in [0, 0.1) is 12.8 Å². The molecule has 0 N–H and O–H groups in total. The Hall–Kier alpha value is -2.61. The first-order valence-corrected chi connectivity index (χ1v) is 8.70. The molecule has 0 aliphatic heterocycles. The maximum atomic E-state index is 13.6. The van der Waals surface area contributed by atoms with Crippen LogP contribution in [-0.4, -0.2) is 32.1 Å². The van der Waals surface area contributed by atoms with Crippen molar-refractivity contribution in [1.82, 2.24) is 9.38 Å². The summed E-state index contributed by atoms with van der Waals surface area (Å²) in [6.45, 7) is 1.53. The summed E-state index contributed by atoms with van der Waals surface area (Å²) < 4.78 is 68.7. The van der Waals surface area contributed by atoms with Crippen molar-refractivity contribution >= 4 is 17.6 Å². The van der Waals surface area contributed by atoms with Crippen molar-refractivity contribution in [1.29, 1.82) is 0 Å². The van der Waals surface area contributed by atoms with E-state index in [4.69, 9.17) is 5.53 Å². The first-order valence-electron chi connectivity index (χ1n) is 8.70. The number of Topliss-reactive ketones (excluding diaryl/α,β-unsaturated/α-hetero) is 1. The van der Waals surface area contributed by atoms with Crippen molar-refractivity contribution < 1.29 is 31.5 Å². The fraction of sp³-hybridized carbons (Fsp3) is 0.500. The Balaban J connectivity index is 2.07. The molecule has 150 valence electrons. The molecular formula is C18H17F5N4O. The van der Waals surface area contributed by atoms with Gasteiger partial charge in [0.25, 0.3) is 5.78 Å². The number of rotatable bonds is 4. The molecule has 0 radical (unpaired) electrons. The standard InChI is InChI=1S/C18H17F5N4O/c1-10-6-12(14(28)9-25-24)8-15-26-16(18(21,22)23)13(27(10)15)7-11-2-4-17(19,20)5-3-11/h6,8-9,11H,2-5,7H2,1H3. The Labute approximate surface area is 156 Å². The highest BCUT2D eigenvalue weighted by Crippen LogP contribution is 2.40. The van der Waals surface area contributed by atoms with Gasteiger partial charge >= 0.3 is 12.4 Å². The van der Waals surface area contributed by atoms with Crippen LogP contribution in [0.15, 0.2) is 12.1 Å². The van der Waals surface area contributed by atoms with Crippen LogP contribution in [-0.2, 0) is 12.6 Å². The van der Waals surface area contributed by atoms with Crippen molar-refractivity contribution in [2.45, 2.75) is 51.1 Å². The quantitative estimate of drug-likeness (QED) is 0.249. The van der Waals surface area contributed by atoms with E-state index in [1.54, 1.807) is 0 Å². The number of carbonyl (C=O) groups is 1. The van der Waals surface area contributed by atoms with Gasteiger partial charge in [0.15, 0.2) is 5.69 Å². The fourth-order valence-corrected chi connectivity index (χ4v) is 3.70. The Morgan fingerprint density at radius 2 is 2.00 bits per heavy atom. The molecule has 0 saturated heterocycles. The predicted octanol–water partition coefficient (Wildman–Crippen LogP) is 4.51. The zero-order valence-electron chi connectivity index (χ0n) is 14.9. The Bertz CT molecular complexity index is 962. The van der Waals surface area contributed by atoms with Gasteiger partial charge in [-0.1, -0.05) is 0 Å². The van der Waals surface area contributed by atoms with Crippen molar-refractivity contribution in [2.24, 2.45) is 5.92 Å². The minimum absolute atomic E-state index is 0.0294. The third-order valence-corrected chi connectivity index (χ3v) is 5.05. The molecule has 1 saturated carbocycles. The summed E-state index contributed by atoms with van der Waals surface area (Å²) in [5.41, 5.74) is 7.61. The highest BCUT2D eigenvalue weighted by Gasteiger charge is 2.40. The maximum Gasteiger partial charge on any atom is 0.435 e. The third-order valence-electron chi connectivity index (χ3n) is 5.05. The van der Waals surface area contributed by atoms with E-state index in [1.165, 1.54) is 23.5 Å². The lowest BCUT2D eigenvalue weighted by Crippen LogP contribution is -2.26. The summed E-state index contributed by atoms with van der Waals surface area (Å²) in [4.78, 5) is 18.2. The molecule has 0 amide bonds. The van der Waals surface area contributed by atoms with Gasteiger partial charge in [0, 0.05) is 24.1 Å². The van der Waals surface area contributed by atoms with Crippen molar-refractivity contribution in [2.75, 3.05) is 0 Å². The van der Waals surface area contributed by atoms with Crippen LogP contribution in [0.3, 0.4) is 0 Å². The van der Waals surface area contributed by atoms with E-state index < -0.39 is 23.6 Å². The minimum Gasteiger partial charge on any atom is -0.361 e. The second-order valence-electron chi connectivity index (χ2n) is 7.10. The van der Waals surface area contributed by atoms with Gasteiger partial charge in [0.2, 0.25) is 5.92 Å². The van der Waals surface area contributed by atoms with E-state index in [0.717, 1.165) is 0 Å². The monoisotopic (exact) mass is 400 g/mol. The highest BCUT2D eigenvalue weighted by atomic mass is 19.4. The van der Waals surface area contributed by atoms with Gasteiger partial charge in [0.1, 0.15) is 5.65 Å². The molecule has 3 rings (SSSR count). The van der Waals surface area contributed by atoms with E-state index >= 15 is 0 Å². The smallest absolute Gasteiger partial charge is 0.361 e. The fourth-order valence-electron chi connectivity index (χ4n) is 3.70. The number of hydrogen-bond donors (Lipinski definition) is 0. The summed E-state index contributed by atoms with van der Waals surface area (Å²) in [6.07, 6.45) is -4.51. The third kappa shape index (κ3) is 3.96. The number of alkyl halides is 5. The van der Waals surface area contributed by atoms with E-state index in [-0.39, 0.29) is 54.9 Å². The average Bonchev–Trinajstić information content (AvgIpc) is 2.96. The minimum atomic E-state index is -4.72. The van der Waals surface area contributed by atoms with Gasteiger partial charge in [-0.3, -0.25) is 4.79 Å². The average molecular weight is 400 g/mol. The number of pyridine rings is 1. The van der Waals surface area contributed by atoms with Crippen LogP contribution in [0.25, 0.3) is 11.2 Å². The van der Waals surface area contributed by atoms with E-state index in [9.17, 15) is 26.7 Å². The Morgan fingerprint density at radius 3 is 2.57 bits per heavy atom. The van der Waals surface area contributed by atoms with Gasteiger partial charge in [-0.25, -0.2) is 13.8 Å². The lowest BCUT2D eigenvalue weighted by atomic mass is 9.83. The van der Waals surface area contributed by atoms with Gasteiger partial charge in [0.05, 0.1) is 5.69 Å². The second-order valence-corrected chi connectivity index (χ2v) is 7.10. The molecule has 1 aliphatic carbocycles. The normalized spacial score (nSPS) is 17.5. The van der Waals surface area contributed by atoms with Crippen LogP contribution in [0.5, 0.6) is 0 Å². The lowest BCUT2D eigenvalue weighted by molar-refractivity contribution is -0.141. The van der Waals surface area contributed by atoms with Crippen LogP contribution in [0.1, 0.15) is 53.1 Å². The molecule has 0 spiro atoms. The van der Waals surface area contributed by atoms with Crippen LogP contribution < -0.4 is 0 Å². The number of nitrogens with zero attached hydrogens (tertiary/aromatic N) is 4. The number of ketones is 1. The molecular weight excluding hydrogens is 383 g/mol. The molecule has 0 unspecified atom stereocenters. The summed E-state index contributed by atoms with van der Waals surface area (Å²) in [6, 6.07) is 2.56. The molecule has 5 nitrogen and oxygen atoms in total. The molecule has 0 bridgehead atoms.